The first-order valence-corrected chi connectivity index (χ1v) is 10.3. The van der Waals surface area contributed by atoms with Crippen LogP contribution in [0.5, 0.6) is 5.75 Å². The highest BCUT2D eigenvalue weighted by molar-refractivity contribution is 5.71. The second-order valence-corrected chi connectivity index (χ2v) is 8.21. The minimum Gasteiger partial charge on any atom is -0.410 e. The molecule has 158 valence electrons. The molecule has 0 aliphatic heterocycles. The molecule has 1 amide bonds. The fourth-order valence-corrected chi connectivity index (χ4v) is 3.43. The molecule has 0 unspecified atom stereocenters. The molecule has 30 heavy (non-hydrogen) atoms. The molecule has 2 aromatic heterocycles. The van der Waals surface area contributed by atoms with E-state index >= 15 is 0 Å². The zero-order valence-corrected chi connectivity index (χ0v) is 18.6. The molecular formula is C24H30N4O2. The third-order valence-corrected chi connectivity index (χ3v) is 4.89. The van der Waals surface area contributed by atoms with E-state index in [1.807, 2.05) is 81.8 Å². The van der Waals surface area contributed by atoms with Crippen LogP contribution >= 0.6 is 0 Å². The summed E-state index contributed by atoms with van der Waals surface area (Å²) in [6, 6.07) is 13.4. The summed E-state index contributed by atoms with van der Waals surface area (Å²) in [5.74, 6) is 1.42. The second-order valence-electron chi connectivity index (χ2n) is 8.21. The van der Waals surface area contributed by atoms with E-state index in [1.165, 1.54) is 0 Å². The highest BCUT2D eigenvalue weighted by Crippen LogP contribution is 2.24. The number of amides is 1. The Kier molecular flexibility index (Phi) is 6.25. The van der Waals surface area contributed by atoms with Gasteiger partial charge in [0.2, 0.25) is 0 Å². The van der Waals surface area contributed by atoms with Crippen LogP contribution in [0.1, 0.15) is 46.1 Å². The Morgan fingerprint density at radius 1 is 1.07 bits per heavy atom. The van der Waals surface area contributed by atoms with Gasteiger partial charge in [-0.2, -0.15) is 0 Å². The van der Waals surface area contributed by atoms with Crippen molar-refractivity contribution >= 4 is 6.09 Å². The molecule has 0 atom stereocenters. The number of aromatic nitrogens is 3. The van der Waals surface area contributed by atoms with Gasteiger partial charge in [0.15, 0.2) is 0 Å². The molecule has 2 heterocycles. The van der Waals surface area contributed by atoms with Crippen molar-refractivity contribution in [3.8, 4) is 22.8 Å². The average Bonchev–Trinajstić information content (AvgIpc) is 3.12. The largest absolute Gasteiger partial charge is 0.415 e. The van der Waals surface area contributed by atoms with Crippen LogP contribution in [0.15, 0.2) is 48.7 Å². The van der Waals surface area contributed by atoms with Crippen molar-refractivity contribution in [3.63, 3.8) is 0 Å². The van der Waals surface area contributed by atoms with Gasteiger partial charge >= 0.3 is 6.09 Å². The Balaban J connectivity index is 1.91. The SMILES string of the molecule is CCc1nc(-c2cccc(C)n2)cn1-c1cccc(OC(=O)N(CC)C(C)(C)C)c1. The normalized spacial score (nSPS) is 11.4. The summed E-state index contributed by atoms with van der Waals surface area (Å²) in [4.78, 5) is 23.7. The summed E-state index contributed by atoms with van der Waals surface area (Å²) >= 11 is 0. The molecule has 0 fully saturated rings. The van der Waals surface area contributed by atoms with E-state index in [9.17, 15) is 4.79 Å². The Morgan fingerprint density at radius 2 is 1.80 bits per heavy atom. The zero-order chi connectivity index (χ0) is 21.9. The summed E-state index contributed by atoms with van der Waals surface area (Å²) in [6.07, 6.45) is 2.39. The number of pyridine rings is 1. The molecule has 3 rings (SSSR count). The van der Waals surface area contributed by atoms with Gasteiger partial charge < -0.3 is 14.2 Å². The summed E-state index contributed by atoms with van der Waals surface area (Å²) in [7, 11) is 0. The van der Waals surface area contributed by atoms with Gasteiger partial charge in [0.25, 0.3) is 0 Å². The Bertz CT molecular complexity index is 1030. The van der Waals surface area contributed by atoms with E-state index in [1.54, 1.807) is 11.0 Å². The Morgan fingerprint density at radius 3 is 2.43 bits per heavy atom. The highest BCUT2D eigenvalue weighted by Gasteiger charge is 2.26. The van der Waals surface area contributed by atoms with Gasteiger partial charge in [-0.1, -0.05) is 19.1 Å². The molecule has 0 saturated carbocycles. The first-order chi connectivity index (χ1) is 14.2. The van der Waals surface area contributed by atoms with Gasteiger partial charge in [-0.05, 0) is 58.9 Å². The number of imidazole rings is 1. The Labute approximate surface area is 178 Å². The zero-order valence-electron chi connectivity index (χ0n) is 18.6. The third-order valence-electron chi connectivity index (χ3n) is 4.89. The molecule has 6 heteroatoms. The van der Waals surface area contributed by atoms with E-state index in [2.05, 4.69) is 11.9 Å². The second kappa shape index (κ2) is 8.69. The molecule has 3 aromatic rings. The van der Waals surface area contributed by atoms with E-state index in [4.69, 9.17) is 9.72 Å². The molecule has 1 aromatic carbocycles. The van der Waals surface area contributed by atoms with Crippen LogP contribution in [0.4, 0.5) is 4.79 Å². The molecule has 0 aliphatic rings. The third kappa shape index (κ3) is 4.70. The van der Waals surface area contributed by atoms with Crippen molar-refractivity contribution in [2.24, 2.45) is 0 Å². The lowest BCUT2D eigenvalue weighted by Crippen LogP contribution is -2.46. The fraction of sp³-hybridized carbons (Fsp3) is 0.375. The first kappa shape index (κ1) is 21.6. The van der Waals surface area contributed by atoms with Gasteiger partial charge in [0.1, 0.15) is 17.3 Å². The minimum atomic E-state index is -0.354. The van der Waals surface area contributed by atoms with Crippen LogP contribution in [0.3, 0.4) is 0 Å². The van der Waals surface area contributed by atoms with Gasteiger partial charge in [-0.25, -0.2) is 9.78 Å². The highest BCUT2D eigenvalue weighted by atomic mass is 16.6. The number of aryl methyl sites for hydroxylation is 2. The number of ether oxygens (including phenoxy) is 1. The molecule has 0 bridgehead atoms. The number of rotatable bonds is 5. The fourth-order valence-electron chi connectivity index (χ4n) is 3.43. The first-order valence-electron chi connectivity index (χ1n) is 10.3. The maximum atomic E-state index is 12.7. The van der Waals surface area contributed by atoms with Gasteiger partial charge in [0, 0.05) is 36.5 Å². The number of nitrogens with zero attached hydrogens (tertiary/aromatic N) is 4. The molecule has 0 aliphatic carbocycles. The molecule has 0 radical (unpaired) electrons. The summed E-state index contributed by atoms with van der Waals surface area (Å²) in [5, 5.41) is 0. The van der Waals surface area contributed by atoms with Gasteiger partial charge in [-0.3, -0.25) is 4.98 Å². The average molecular weight is 407 g/mol. The predicted molar refractivity (Wildman–Crippen MR) is 119 cm³/mol. The Hall–Kier alpha value is -3.15. The summed E-state index contributed by atoms with van der Waals surface area (Å²) in [5.41, 5.74) is 3.20. The smallest absolute Gasteiger partial charge is 0.410 e. The van der Waals surface area contributed by atoms with E-state index in [-0.39, 0.29) is 11.6 Å². The lowest BCUT2D eigenvalue weighted by atomic mass is 10.1. The van der Waals surface area contributed by atoms with Crippen LogP contribution in [0, 0.1) is 6.92 Å². The quantitative estimate of drug-likeness (QED) is 0.567. The summed E-state index contributed by atoms with van der Waals surface area (Å²) in [6.45, 7) is 12.5. The van der Waals surface area contributed by atoms with Crippen LogP contribution < -0.4 is 4.74 Å². The van der Waals surface area contributed by atoms with Crippen LogP contribution in [-0.4, -0.2) is 37.6 Å². The maximum absolute atomic E-state index is 12.7. The lowest BCUT2D eigenvalue weighted by molar-refractivity contribution is 0.110. The summed E-state index contributed by atoms with van der Waals surface area (Å²) < 4.78 is 7.70. The number of hydrogen-bond acceptors (Lipinski definition) is 4. The van der Waals surface area contributed by atoms with Crippen LogP contribution in [-0.2, 0) is 6.42 Å². The van der Waals surface area contributed by atoms with E-state index in [0.29, 0.717) is 12.3 Å². The van der Waals surface area contributed by atoms with Gasteiger partial charge in [0.05, 0.1) is 11.4 Å². The van der Waals surface area contributed by atoms with Crippen molar-refractivity contribution in [2.45, 2.75) is 53.5 Å². The standard InChI is InChI=1S/C24H30N4O2/c1-7-22-26-21(20-14-9-11-17(3)25-20)16-27(22)18-12-10-13-19(15-18)30-23(29)28(8-2)24(4,5)6/h9-16H,7-8H2,1-6H3. The number of carbonyl (C=O) groups excluding carboxylic acids is 1. The molecular weight excluding hydrogens is 376 g/mol. The molecule has 0 N–H and O–H groups in total. The van der Waals surface area contributed by atoms with Crippen molar-refractivity contribution in [3.05, 3.63) is 60.2 Å². The van der Waals surface area contributed by atoms with Crippen molar-refractivity contribution in [2.75, 3.05) is 6.54 Å². The van der Waals surface area contributed by atoms with Gasteiger partial charge in [-0.15, -0.1) is 0 Å². The van der Waals surface area contributed by atoms with Crippen LogP contribution in [0.2, 0.25) is 0 Å². The molecule has 0 saturated heterocycles. The topological polar surface area (TPSA) is 60.2 Å². The van der Waals surface area contributed by atoms with E-state index < -0.39 is 0 Å². The van der Waals surface area contributed by atoms with Crippen molar-refractivity contribution < 1.29 is 9.53 Å². The number of hydrogen-bond donors (Lipinski definition) is 0. The molecule has 6 nitrogen and oxygen atoms in total. The van der Waals surface area contributed by atoms with Crippen LogP contribution in [0.25, 0.3) is 17.1 Å². The number of carbonyl (C=O) groups is 1. The number of benzene rings is 1. The van der Waals surface area contributed by atoms with Crippen molar-refractivity contribution in [1.82, 2.24) is 19.4 Å². The van der Waals surface area contributed by atoms with E-state index in [0.717, 1.165) is 35.0 Å². The maximum Gasteiger partial charge on any atom is 0.415 e. The van der Waals surface area contributed by atoms with Crippen molar-refractivity contribution in [1.29, 1.82) is 0 Å². The molecule has 0 spiro atoms. The monoisotopic (exact) mass is 406 g/mol. The minimum absolute atomic E-state index is 0.307. The predicted octanol–water partition coefficient (Wildman–Crippen LogP) is 5.42. The lowest BCUT2D eigenvalue weighted by Gasteiger charge is -2.33.